The Morgan fingerprint density at radius 2 is 2.21 bits per heavy atom. The van der Waals surface area contributed by atoms with Gasteiger partial charge in [-0.2, -0.15) is 0 Å². The van der Waals surface area contributed by atoms with Gasteiger partial charge in [-0.3, -0.25) is 10.1 Å². The Morgan fingerprint density at radius 3 is 2.79 bits per heavy atom. The molecule has 4 heteroatoms. The first-order chi connectivity index (χ1) is 9.04. The molecule has 1 fully saturated rings. The fraction of sp³-hybridized carbons (Fsp3) is 0.600. The lowest BCUT2D eigenvalue weighted by atomic mass is 9.67. The minimum Gasteiger partial charge on any atom is -0.314 e. The number of rotatable bonds is 5. The van der Waals surface area contributed by atoms with E-state index in [0.717, 1.165) is 30.5 Å². The van der Waals surface area contributed by atoms with Crippen molar-refractivity contribution in [3.05, 3.63) is 39.4 Å². The zero-order valence-electron chi connectivity index (χ0n) is 11.8. The third kappa shape index (κ3) is 2.78. The van der Waals surface area contributed by atoms with Gasteiger partial charge < -0.3 is 5.32 Å². The first-order valence-corrected chi connectivity index (χ1v) is 7.03. The van der Waals surface area contributed by atoms with E-state index in [4.69, 9.17) is 0 Å². The number of hydrogen-bond acceptors (Lipinski definition) is 3. The number of nitro benzene ring substituents is 1. The number of nitrogens with one attached hydrogen (secondary N) is 1. The van der Waals surface area contributed by atoms with Crippen molar-refractivity contribution < 1.29 is 4.92 Å². The van der Waals surface area contributed by atoms with Crippen LogP contribution in [0.25, 0.3) is 0 Å². The number of nitrogens with zero attached hydrogens (tertiary/aromatic N) is 1. The second-order valence-corrected chi connectivity index (χ2v) is 5.56. The van der Waals surface area contributed by atoms with Gasteiger partial charge in [0.05, 0.1) is 4.92 Å². The van der Waals surface area contributed by atoms with Crippen LogP contribution in [0.2, 0.25) is 0 Å². The molecule has 3 unspecified atom stereocenters. The van der Waals surface area contributed by atoms with E-state index in [9.17, 15) is 10.1 Å². The number of benzene rings is 1. The predicted octanol–water partition coefficient (Wildman–Crippen LogP) is 3.39. The maximum Gasteiger partial charge on any atom is 0.272 e. The van der Waals surface area contributed by atoms with Crippen molar-refractivity contribution in [2.45, 2.75) is 45.6 Å². The predicted molar refractivity (Wildman–Crippen MR) is 76.4 cm³/mol. The summed E-state index contributed by atoms with van der Waals surface area (Å²) in [6, 6.07) is 6.23. The van der Waals surface area contributed by atoms with Crippen LogP contribution in [-0.4, -0.2) is 17.5 Å². The van der Waals surface area contributed by atoms with Crippen LogP contribution in [0.5, 0.6) is 0 Å². The maximum atomic E-state index is 11.0. The highest BCUT2D eigenvalue weighted by molar-refractivity contribution is 5.44. The Balaban J connectivity index is 2.08. The Morgan fingerprint density at radius 1 is 1.47 bits per heavy atom. The van der Waals surface area contributed by atoms with E-state index in [2.05, 4.69) is 19.2 Å². The lowest BCUT2D eigenvalue weighted by Crippen LogP contribution is -2.48. The Kier molecular flexibility index (Phi) is 4.20. The highest BCUT2D eigenvalue weighted by atomic mass is 16.6. The molecule has 0 radical (unpaired) electrons. The molecule has 2 rings (SSSR count). The lowest BCUT2D eigenvalue weighted by molar-refractivity contribution is -0.385. The van der Waals surface area contributed by atoms with Gasteiger partial charge in [0.2, 0.25) is 0 Å². The molecule has 0 spiro atoms. The fourth-order valence-corrected chi connectivity index (χ4v) is 2.88. The molecule has 0 aliphatic heterocycles. The number of aryl methyl sites for hydroxylation is 1. The molecule has 0 amide bonds. The van der Waals surface area contributed by atoms with Crippen molar-refractivity contribution in [3.63, 3.8) is 0 Å². The standard InChI is InChI=1S/C15H22N2O2/c1-4-7-16-14-9-13(11(14)3)12-6-5-10(2)15(8-12)17(18)19/h5-6,8,11,13-14,16H,4,7,9H2,1-3H3. The van der Waals surface area contributed by atoms with Crippen LogP contribution in [0, 0.1) is 23.0 Å². The van der Waals surface area contributed by atoms with Gasteiger partial charge in [-0.1, -0.05) is 26.0 Å². The zero-order chi connectivity index (χ0) is 14.0. The largest absolute Gasteiger partial charge is 0.314 e. The van der Waals surface area contributed by atoms with E-state index >= 15 is 0 Å². The summed E-state index contributed by atoms with van der Waals surface area (Å²) in [6.45, 7) is 7.23. The highest BCUT2D eigenvalue weighted by Gasteiger charge is 2.38. The molecule has 1 aromatic rings. The second kappa shape index (κ2) is 5.70. The summed E-state index contributed by atoms with van der Waals surface area (Å²) in [5.41, 5.74) is 2.09. The van der Waals surface area contributed by atoms with E-state index in [1.807, 2.05) is 12.1 Å². The summed E-state index contributed by atoms with van der Waals surface area (Å²) in [6.07, 6.45) is 2.23. The van der Waals surface area contributed by atoms with E-state index < -0.39 is 0 Å². The summed E-state index contributed by atoms with van der Waals surface area (Å²) in [5.74, 6) is 1.00. The van der Waals surface area contributed by atoms with E-state index in [1.54, 1.807) is 13.0 Å². The lowest BCUT2D eigenvalue weighted by Gasteiger charge is -2.43. The second-order valence-electron chi connectivity index (χ2n) is 5.56. The van der Waals surface area contributed by atoms with Crippen LogP contribution in [-0.2, 0) is 0 Å². The monoisotopic (exact) mass is 262 g/mol. The van der Waals surface area contributed by atoms with Gasteiger partial charge in [0, 0.05) is 17.7 Å². The summed E-state index contributed by atoms with van der Waals surface area (Å²) in [4.78, 5) is 10.7. The van der Waals surface area contributed by atoms with Crippen LogP contribution in [0.4, 0.5) is 5.69 Å². The van der Waals surface area contributed by atoms with Crippen LogP contribution >= 0.6 is 0 Å². The molecular weight excluding hydrogens is 240 g/mol. The molecule has 19 heavy (non-hydrogen) atoms. The van der Waals surface area contributed by atoms with E-state index in [0.29, 0.717) is 17.9 Å². The average Bonchev–Trinajstić information content (AvgIpc) is 2.38. The van der Waals surface area contributed by atoms with Crippen molar-refractivity contribution in [3.8, 4) is 0 Å². The van der Waals surface area contributed by atoms with Gasteiger partial charge in [-0.05, 0) is 43.7 Å². The Hall–Kier alpha value is -1.42. The first kappa shape index (κ1) is 14.0. The summed E-state index contributed by atoms with van der Waals surface area (Å²) in [7, 11) is 0. The van der Waals surface area contributed by atoms with Crippen molar-refractivity contribution >= 4 is 5.69 Å². The number of hydrogen-bond donors (Lipinski definition) is 1. The van der Waals surface area contributed by atoms with Crippen LogP contribution in [0.15, 0.2) is 18.2 Å². The topological polar surface area (TPSA) is 55.2 Å². The quantitative estimate of drug-likeness (QED) is 0.653. The molecule has 0 saturated heterocycles. The highest BCUT2D eigenvalue weighted by Crippen LogP contribution is 2.43. The molecule has 1 aromatic carbocycles. The minimum absolute atomic E-state index is 0.245. The first-order valence-electron chi connectivity index (χ1n) is 7.03. The van der Waals surface area contributed by atoms with Crippen LogP contribution in [0.3, 0.4) is 0 Å². The smallest absolute Gasteiger partial charge is 0.272 e. The SMILES string of the molecule is CCCNC1CC(c2ccc(C)c([N+](=O)[O-])c2)C1C. The molecule has 4 nitrogen and oxygen atoms in total. The van der Waals surface area contributed by atoms with Crippen molar-refractivity contribution in [2.75, 3.05) is 6.54 Å². The van der Waals surface area contributed by atoms with E-state index in [1.165, 1.54) is 0 Å². The van der Waals surface area contributed by atoms with Crippen molar-refractivity contribution in [1.82, 2.24) is 5.32 Å². The van der Waals surface area contributed by atoms with Crippen molar-refractivity contribution in [2.24, 2.45) is 5.92 Å². The molecular formula is C15H22N2O2. The van der Waals surface area contributed by atoms with Crippen LogP contribution < -0.4 is 5.32 Å². The van der Waals surface area contributed by atoms with Gasteiger partial charge in [0.1, 0.15) is 0 Å². The Labute approximate surface area is 114 Å². The van der Waals surface area contributed by atoms with Crippen LogP contribution in [0.1, 0.15) is 43.7 Å². The van der Waals surface area contributed by atoms with Gasteiger partial charge in [0.25, 0.3) is 5.69 Å². The molecule has 1 saturated carbocycles. The third-order valence-corrected chi connectivity index (χ3v) is 4.29. The van der Waals surface area contributed by atoms with Gasteiger partial charge in [-0.25, -0.2) is 0 Å². The third-order valence-electron chi connectivity index (χ3n) is 4.29. The molecule has 1 N–H and O–H groups in total. The maximum absolute atomic E-state index is 11.0. The van der Waals surface area contributed by atoms with Gasteiger partial charge >= 0.3 is 0 Å². The molecule has 1 aliphatic carbocycles. The molecule has 1 aliphatic rings. The Bertz CT molecular complexity index is 473. The minimum atomic E-state index is -0.283. The van der Waals surface area contributed by atoms with Gasteiger partial charge in [-0.15, -0.1) is 0 Å². The molecule has 0 bridgehead atoms. The summed E-state index contributed by atoms with van der Waals surface area (Å²) < 4.78 is 0. The number of nitro groups is 1. The molecule has 104 valence electrons. The molecule has 3 atom stereocenters. The van der Waals surface area contributed by atoms with E-state index in [-0.39, 0.29) is 10.6 Å². The zero-order valence-corrected chi connectivity index (χ0v) is 11.8. The van der Waals surface area contributed by atoms with Crippen molar-refractivity contribution in [1.29, 1.82) is 0 Å². The molecule has 0 aromatic heterocycles. The normalized spacial score (nSPS) is 25.9. The average molecular weight is 262 g/mol. The molecule has 0 heterocycles. The summed E-state index contributed by atoms with van der Waals surface area (Å²) in [5, 5.41) is 14.5. The van der Waals surface area contributed by atoms with Gasteiger partial charge in [0.15, 0.2) is 0 Å². The summed E-state index contributed by atoms with van der Waals surface area (Å²) >= 11 is 0. The fourth-order valence-electron chi connectivity index (χ4n) is 2.88.